The summed E-state index contributed by atoms with van der Waals surface area (Å²) >= 11 is 1.81. The number of rotatable bonds is 5. The number of nitrogens with one attached hydrogen (secondary N) is 1. The molecule has 3 nitrogen and oxygen atoms in total. The molecule has 1 aromatic carbocycles. The minimum atomic E-state index is 0.369. The maximum atomic E-state index is 4.45. The summed E-state index contributed by atoms with van der Waals surface area (Å²) in [5, 5.41) is 6.93. The topological polar surface area (TPSA) is 28.2 Å². The Hall–Kier alpha value is -1.91. The van der Waals surface area contributed by atoms with Gasteiger partial charge in [-0.25, -0.2) is 0 Å². The van der Waals surface area contributed by atoms with E-state index in [2.05, 4.69) is 78.0 Å². The summed E-state index contributed by atoms with van der Waals surface area (Å²) < 4.78 is 0. The Balaban J connectivity index is 1.85. The van der Waals surface area contributed by atoms with Crippen molar-refractivity contribution >= 4 is 27.9 Å². The molecule has 3 aromatic rings. The summed E-state index contributed by atoms with van der Waals surface area (Å²) in [4.78, 5) is 8.09. The van der Waals surface area contributed by atoms with E-state index in [-0.39, 0.29) is 0 Å². The number of benzene rings is 1. The average Bonchev–Trinajstić information content (AvgIpc) is 3.01. The zero-order valence-electron chi connectivity index (χ0n) is 13.2. The first-order valence-electron chi connectivity index (χ1n) is 7.44. The minimum Gasteiger partial charge on any atom is -0.382 e. The Morgan fingerprint density at radius 1 is 1.23 bits per heavy atom. The van der Waals surface area contributed by atoms with Gasteiger partial charge < -0.3 is 10.2 Å². The minimum absolute atomic E-state index is 0.369. The number of pyridine rings is 1. The van der Waals surface area contributed by atoms with Gasteiger partial charge in [0.25, 0.3) is 0 Å². The molecule has 0 aliphatic heterocycles. The van der Waals surface area contributed by atoms with Crippen LogP contribution in [0.2, 0.25) is 0 Å². The van der Waals surface area contributed by atoms with Crippen molar-refractivity contribution in [1.29, 1.82) is 0 Å². The Bertz CT molecular complexity index is 750. The van der Waals surface area contributed by atoms with Crippen molar-refractivity contribution in [3.63, 3.8) is 0 Å². The lowest BCUT2D eigenvalue weighted by atomic mass is 10.1. The zero-order valence-corrected chi connectivity index (χ0v) is 14.0. The second kappa shape index (κ2) is 6.46. The lowest BCUT2D eigenvalue weighted by Crippen LogP contribution is -2.26. The molecule has 0 spiro atoms. The SMILES string of the molecule is Cc1ccc2nccc(NCC(c3cccs3)N(C)C)c2c1. The number of hydrogen-bond donors (Lipinski definition) is 1. The van der Waals surface area contributed by atoms with Gasteiger partial charge in [0.15, 0.2) is 0 Å². The van der Waals surface area contributed by atoms with Crippen molar-refractivity contribution < 1.29 is 0 Å². The van der Waals surface area contributed by atoms with Gasteiger partial charge >= 0.3 is 0 Å². The summed E-state index contributed by atoms with van der Waals surface area (Å²) in [6.45, 7) is 2.99. The first kappa shape index (κ1) is 15.0. The lowest BCUT2D eigenvalue weighted by Gasteiger charge is -2.24. The fraction of sp³-hybridized carbons (Fsp3) is 0.278. The Kier molecular flexibility index (Phi) is 4.41. The highest BCUT2D eigenvalue weighted by atomic mass is 32.1. The molecule has 2 heterocycles. The van der Waals surface area contributed by atoms with Crippen LogP contribution in [0.5, 0.6) is 0 Å². The number of likely N-dealkylation sites (N-methyl/N-ethyl adjacent to an activating group) is 1. The normalized spacial score (nSPS) is 12.7. The zero-order chi connectivity index (χ0) is 15.5. The highest BCUT2D eigenvalue weighted by Crippen LogP contribution is 2.26. The van der Waals surface area contributed by atoms with Crippen LogP contribution in [-0.2, 0) is 0 Å². The first-order valence-corrected chi connectivity index (χ1v) is 8.32. The summed E-state index contributed by atoms with van der Waals surface area (Å²) in [6, 6.07) is 13.1. The summed E-state index contributed by atoms with van der Waals surface area (Å²) in [7, 11) is 4.25. The van der Waals surface area contributed by atoms with Gasteiger partial charge in [0, 0.05) is 28.7 Å². The third-order valence-electron chi connectivity index (χ3n) is 3.88. The number of hydrogen-bond acceptors (Lipinski definition) is 4. The third-order valence-corrected chi connectivity index (χ3v) is 4.85. The van der Waals surface area contributed by atoms with Gasteiger partial charge in [0.1, 0.15) is 0 Å². The summed E-state index contributed by atoms with van der Waals surface area (Å²) in [5.41, 5.74) is 3.44. The number of anilines is 1. The van der Waals surface area contributed by atoms with E-state index < -0.39 is 0 Å². The molecule has 1 atom stereocenters. The van der Waals surface area contributed by atoms with Gasteiger partial charge in [-0.05, 0) is 50.7 Å². The highest BCUT2D eigenvalue weighted by molar-refractivity contribution is 7.10. The largest absolute Gasteiger partial charge is 0.382 e. The van der Waals surface area contributed by atoms with Crippen LogP contribution in [0.1, 0.15) is 16.5 Å². The van der Waals surface area contributed by atoms with Crippen LogP contribution in [0, 0.1) is 6.92 Å². The molecule has 0 saturated carbocycles. The standard InChI is InChI=1S/C18H21N3S/c1-13-6-7-15-14(11-13)16(8-9-19-15)20-12-17(21(2)3)18-5-4-10-22-18/h4-11,17H,12H2,1-3H3,(H,19,20). The number of fused-ring (bicyclic) bond motifs is 1. The Labute approximate surface area is 135 Å². The van der Waals surface area contributed by atoms with E-state index in [9.17, 15) is 0 Å². The molecular formula is C18H21N3S. The summed E-state index contributed by atoms with van der Waals surface area (Å²) in [6.07, 6.45) is 1.87. The van der Waals surface area contributed by atoms with Gasteiger partial charge in [-0.15, -0.1) is 11.3 Å². The van der Waals surface area contributed by atoms with E-state index in [0.717, 1.165) is 17.7 Å². The number of nitrogens with zero attached hydrogens (tertiary/aromatic N) is 2. The van der Waals surface area contributed by atoms with E-state index >= 15 is 0 Å². The molecule has 0 fully saturated rings. The monoisotopic (exact) mass is 311 g/mol. The van der Waals surface area contributed by atoms with Gasteiger partial charge in [-0.3, -0.25) is 4.98 Å². The molecule has 0 bridgehead atoms. The van der Waals surface area contributed by atoms with Crippen molar-refractivity contribution in [3.8, 4) is 0 Å². The second-order valence-corrected chi connectivity index (χ2v) is 6.73. The molecule has 3 rings (SSSR count). The van der Waals surface area contributed by atoms with E-state index in [1.807, 2.05) is 6.20 Å². The molecule has 0 amide bonds. The van der Waals surface area contributed by atoms with Gasteiger partial charge in [0.2, 0.25) is 0 Å². The number of thiophene rings is 1. The van der Waals surface area contributed by atoms with Crippen LogP contribution in [0.3, 0.4) is 0 Å². The molecular weight excluding hydrogens is 290 g/mol. The predicted octanol–water partition coefficient (Wildman–Crippen LogP) is 4.32. The number of aryl methyl sites for hydroxylation is 1. The molecule has 22 heavy (non-hydrogen) atoms. The fourth-order valence-corrected chi connectivity index (χ4v) is 3.56. The maximum absolute atomic E-state index is 4.45. The van der Waals surface area contributed by atoms with Crippen molar-refractivity contribution in [2.24, 2.45) is 0 Å². The smallest absolute Gasteiger partial charge is 0.0722 e. The predicted molar refractivity (Wildman–Crippen MR) is 95.7 cm³/mol. The molecule has 0 radical (unpaired) electrons. The molecule has 0 aliphatic rings. The van der Waals surface area contributed by atoms with Gasteiger partial charge in [0.05, 0.1) is 11.6 Å². The third kappa shape index (κ3) is 3.13. The fourth-order valence-electron chi connectivity index (χ4n) is 2.64. The Morgan fingerprint density at radius 3 is 2.82 bits per heavy atom. The van der Waals surface area contributed by atoms with Crippen molar-refractivity contribution in [1.82, 2.24) is 9.88 Å². The van der Waals surface area contributed by atoms with Crippen LogP contribution >= 0.6 is 11.3 Å². The Morgan fingerprint density at radius 2 is 2.09 bits per heavy atom. The van der Waals surface area contributed by atoms with Crippen molar-refractivity contribution in [2.75, 3.05) is 26.0 Å². The van der Waals surface area contributed by atoms with Crippen LogP contribution in [0.4, 0.5) is 5.69 Å². The van der Waals surface area contributed by atoms with Crippen LogP contribution in [0.25, 0.3) is 10.9 Å². The van der Waals surface area contributed by atoms with Crippen molar-refractivity contribution in [3.05, 3.63) is 58.4 Å². The molecule has 0 aliphatic carbocycles. The highest BCUT2D eigenvalue weighted by Gasteiger charge is 2.15. The van der Waals surface area contributed by atoms with Gasteiger partial charge in [-0.2, -0.15) is 0 Å². The second-order valence-electron chi connectivity index (χ2n) is 5.75. The maximum Gasteiger partial charge on any atom is 0.0722 e. The molecule has 114 valence electrons. The molecule has 2 aromatic heterocycles. The van der Waals surface area contributed by atoms with E-state index in [1.165, 1.54) is 15.8 Å². The summed E-state index contributed by atoms with van der Waals surface area (Å²) in [5.74, 6) is 0. The number of aromatic nitrogens is 1. The van der Waals surface area contributed by atoms with E-state index in [4.69, 9.17) is 0 Å². The van der Waals surface area contributed by atoms with Crippen LogP contribution < -0.4 is 5.32 Å². The van der Waals surface area contributed by atoms with Crippen LogP contribution in [0.15, 0.2) is 48.0 Å². The van der Waals surface area contributed by atoms with E-state index in [0.29, 0.717) is 6.04 Å². The quantitative estimate of drug-likeness (QED) is 0.760. The van der Waals surface area contributed by atoms with E-state index in [1.54, 1.807) is 11.3 Å². The molecule has 0 saturated heterocycles. The van der Waals surface area contributed by atoms with Crippen molar-refractivity contribution in [2.45, 2.75) is 13.0 Å². The molecule has 1 N–H and O–H groups in total. The van der Waals surface area contributed by atoms with Gasteiger partial charge in [-0.1, -0.05) is 17.7 Å². The molecule has 1 unspecified atom stereocenters. The lowest BCUT2D eigenvalue weighted by molar-refractivity contribution is 0.316. The molecule has 4 heteroatoms. The first-order chi connectivity index (χ1) is 10.6. The van der Waals surface area contributed by atoms with Crippen LogP contribution in [-0.4, -0.2) is 30.5 Å². The average molecular weight is 311 g/mol.